The third kappa shape index (κ3) is 6.51. The van der Waals surface area contributed by atoms with Gasteiger partial charge in [-0.3, -0.25) is 4.79 Å². The monoisotopic (exact) mass is 502 g/mol. The van der Waals surface area contributed by atoms with Crippen LogP contribution in [-0.4, -0.2) is 11.9 Å². The minimum absolute atomic E-state index is 0.0450. The zero-order valence-corrected chi connectivity index (χ0v) is 18.9. The average Bonchev–Trinajstić information content (AvgIpc) is 3.20. The second-order valence-corrected chi connectivity index (χ2v) is 8.71. The SMILES string of the molecule is C=CCCC(=O)C1CCC(O[C@H](C)c2cc(C(F)(F)F)cc(C(F)(F)F)c2)C1c1ccc(F)cc1. The Hall–Kier alpha value is -2.68. The van der Waals surface area contributed by atoms with Crippen LogP contribution in [0.3, 0.4) is 0 Å². The summed E-state index contributed by atoms with van der Waals surface area (Å²) in [7, 11) is 0. The number of rotatable bonds is 8. The number of Topliss-reactive ketones (excluding diaryl/α,β-unsaturated/α-hetero) is 1. The minimum atomic E-state index is -4.97. The zero-order chi connectivity index (χ0) is 26.0. The van der Waals surface area contributed by atoms with Crippen molar-refractivity contribution in [2.75, 3.05) is 0 Å². The number of alkyl halides is 6. The van der Waals surface area contributed by atoms with E-state index in [0.717, 1.165) is 0 Å². The van der Waals surface area contributed by atoms with Gasteiger partial charge < -0.3 is 4.74 Å². The van der Waals surface area contributed by atoms with Crippen LogP contribution in [0.5, 0.6) is 0 Å². The van der Waals surface area contributed by atoms with Crippen molar-refractivity contribution < 1.29 is 40.3 Å². The lowest BCUT2D eigenvalue weighted by atomic mass is 9.83. The summed E-state index contributed by atoms with van der Waals surface area (Å²) in [6, 6.07) is 6.88. The highest BCUT2D eigenvalue weighted by Crippen LogP contribution is 2.45. The summed E-state index contributed by atoms with van der Waals surface area (Å²) in [6.45, 7) is 4.98. The van der Waals surface area contributed by atoms with E-state index in [2.05, 4.69) is 6.58 Å². The fourth-order valence-electron chi connectivity index (χ4n) is 4.59. The molecule has 2 aromatic carbocycles. The van der Waals surface area contributed by atoms with E-state index in [4.69, 9.17) is 4.74 Å². The quantitative estimate of drug-likeness (QED) is 0.270. The Morgan fingerprint density at radius 2 is 1.60 bits per heavy atom. The van der Waals surface area contributed by atoms with Crippen LogP contribution in [0.2, 0.25) is 0 Å². The molecule has 0 radical (unpaired) electrons. The van der Waals surface area contributed by atoms with Gasteiger partial charge in [-0.05, 0) is 67.6 Å². The van der Waals surface area contributed by atoms with Crippen molar-refractivity contribution in [2.45, 2.75) is 63.1 Å². The van der Waals surface area contributed by atoms with Gasteiger partial charge in [0.25, 0.3) is 0 Å². The molecule has 0 N–H and O–H groups in total. The van der Waals surface area contributed by atoms with Crippen LogP contribution >= 0.6 is 0 Å². The maximum absolute atomic E-state index is 13.5. The van der Waals surface area contributed by atoms with Crippen molar-refractivity contribution in [2.24, 2.45) is 5.92 Å². The van der Waals surface area contributed by atoms with E-state index in [9.17, 15) is 35.5 Å². The predicted octanol–water partition coefficient (Wildman–Crippen LogP) is 8.04. The summed E-state index contributed by atoms with van der Waals surface area (Å²) >= 11 is 0. The van der Waals surface area contributed by atoms with E-state index in [1.807, 2.05) is 0 Å². The van der Waals surface area contributed by atoms with Crippen LogP contribution in [0.4, 0.5) is 30.7 Å². The molecule has 1 aliphatic carbocycles. The molecule has 2 nitrogen and oxygen atoms in total. The molecular weight excluding hydrogens is 477 g/mol. The van der Waals surface area contributed by atoms with E-state index in [-0.39, 0.29) is 23.8 Å². The first-order valence-corrected chi connectivity index (χ1v) is 11.1. The summed E-state index contributed by atoms with van der Waals surface area (Å²) in [5.74, 6) is -1.50. The van der Waals surface area contributed by atoms with Gasteiger partial charge in [0.05, 0.1) is 23.3 Å². The Balaban J connectivity index is 1.93. The third-order valence-electron chi connectivity index (χ3n) is 6.32. The molecule has 0 bridgehead atoms. The number of halogens is 7. The lowest BCUT2D eigenvalue weighted by Crippen LogP contribution is -2.26. The van der Waals surface area contributed by atoms with Gasteiger partial charge in [0, 0.05) is 18.3 Å². The summed E-state index contributed by atoms with van der Waals surface area (Å²) in [5, 5.41) is 0. The second-order valence-electron chi connectivity index (χ2n) is 8.71. The second kappa shape index (κ2) is 10.5. The van der Waals surface area contributed by atoms with Gasteiger partial charge in [-0.1, -0.05) is 18.2 Å². The number of ketones is 1. The van der Waals surface area contributed by atoms with Crippen LogP contribution in [-0.2, 0) is 21.9 Å². The first-order chi connectivity index (χ1) is 16.3. The van der Waals surface area contributed by atoms with Crippen molar-refractivity contribution in [3.05, 3.63) is 83.2 Å². The molecule has 0 heterocycles. The van der Waals surface area contributed by atoms with Gasteiger partial charge in [-0.2, -0.15) is 26.3 Å². The van der Waals surface area contributed by atoms with E-state index in [1.54, 1.807) is 6.08 Å². The van der Waals surface area contributed by atoms with Crippen molar-refractivity contribution >= 4 is 5.78 Å². The third-order valence-corrected chi connectivity index (χ3v) is 6.32. The van der Waals surface area contributed by atoms with Crippen molar-refractivity contribution in [3.8, 4) is 0 Å². The van der Waals surface area contributed by atoms with Gasteiger partial charge in [0.1, 0.15) is 11.6 Å². The van der Waals surface area contributed by atoms with Crippen LogP contribution < -0.4 is 0 Å². The number of benzene rings is 2. The van der Waals surface area contributed by atoms with Gasteiger partial charge in [0.15, 0.2) is 0 Å². The molecule has 0 aromatic heterocycles. The van der Waals surface area contributed by atoms with Crippen LogP contribution in [0.1, 0.15) is 66.9 Å². The Morgan fingerprint density at radius 3 is 2.11 bits per heavy atom. The molecule has 3 rings (SSSR count). The molecule has 2 aromatic rings. The minimum Gasteiger partial charge on any atom is -0.370 e. The molecule has 0 aliphatic heterocycles. The number of hydrogen-bond acceptors (Lipinski definition) is 2. The fourth-order valence-corrected chi connectivity index (χ4v) is 4.59. The zero-order valence-electron chi connectivity index (χ0n) is 18.9. The Morgan fingerprint density at radius 1 is 1.03 bits per heavy atom. The Labute approximate surface area is 198 Å². The maximum atomic E-state index is 13.5. The van der Waals surface area contributed by atoms with Crippen LogP contribution in [0.15, 0.2) is 55.1 Å². The number of hydrogen-bond donors (Lipinski definition) is 0. The van der Waals surface area contributed by atoms with E-state index in [0.29, 0.717) is 37.0 Å². The number of carbonyl (C=O) groups is 1. The largest absolute Gasteiger partial charge is 0.416 e. The van der Waals surface area contributed by atoms with Crippen molar-refractivity contribution in [1.82, 2.24) is 0 Å². The highest BCUT2D eigenvalue weighted by atomic mass is 19.4. The van der Waals surface area contributed by atoms with Crippen LogP contribution in [0, 0.1) is 11.7 Å². The molecule has 0 saturated heterocycles. The van der Waals surface area contributed by atoms with Gasteiger partial charge >= 0.3 is 12.4 Å². The van der Waals surface area contributed by atoms with E-state index < -0.39 is 53.3 Å². The molecule has 4 atom stereocenters. The topological polar surface area (TPSA) is 26.3 Å². The summed E-state index contributed by atoms with van der Waals surface area (Å²) in [4.78, 5) is 12.8. The smallest absolute Gasteiger partial charge is 0.370 e. The first-order valence-electron chi connectivity index (χ1n) is 11.1. The summed E-state index contributed by atoms with van der Waals surface area (Å²) in [5.41, 5.74) is -2.49. The Bertz CT molecular complexity index is 1010. The van der Waals surface area contributed by atoms with Gasteiger partial charge in [-0.25, -0.2) is 4.39 Å². The first kappa shape index (κ1) is 26.9. The van der Waals surface area contributed by atoms with Crippen molar-refractivity contribution in [3.63, 3.8) is 0 Å². The molecular formula is C26H25F7O2. The van der Waals surface area contributed by atoms with E-state index >= 15 is 0 Å². The molecule has 3 unspecified atom stereocenters. The molecule has 190 valence electrons. The molecule has 1 fully saturated rings. The average molecular weight is 502 g/mol. The highest BCUT2D eigenvalue weighted by molar-refractivity contribution is 5.82. The maximum Gasteiger partial charge on any atom is 0.416 e. The number of carbonyl (C=O) groups excluding carboxylic acids is 1. The normalized spacial score (nSPS) is 21.7. The molecule has 1 aliphatic rings. The molecule has 35 heavy (non-hydrogen) atoms. The molecule has 1 saturated carbocycles. The van der Waals surface area contributed by atoms with Crippen molar-refractivity contribution in [1.29, 1.82) is 0 Å². The lowest BCUT2D eigenvalue weighted by molar-refractivity contribution is -0.143. The van der Waals surface area contributed by atoms with E-state index in [1.165, 1.54) is 31.2 Å². The summed E-state index contributed by atoms with van der Waals surface area (Å²) < 4.78 is 99.2. The number of ether oxygens (including phenoxy) is 1. The molecule has 0 amide bonds. The standard InChI is InChI=1S/C26H25F7O2/c1-3-4-5-22(34)21-10-11-23(24(21)16-6-8-20(27)9-7-16)35-15(2)17-12-18(25(28,29)30)14-19(13-17)26(31,32)33/h3,6-9,12-15,21,23-24H,1,4-5,10-11H2,2H3/t15-,21?,23?,24?/m1/s1. The van der Waals surface area contributed by atoms with Gasteiger partial charge in [-0.15, -0.1) is 6.58 Å². The lowest BCUT2D eigenvalue weighted by Gasteiger charge is -2.28. The van der Waals surface area contributed by atoms with Crippen LogP contribution in [0.25, 0.3) is 0 Å². The number of allylic oxidation sites excluding steroid dienone is 1. The molecule has 9 heteroatoms. The fraction of sp³-hybridized carbons (Fsp3) is 0.423. The summed E-state index contributed by atoms with van der Waals surface area (Å²) in [6.07, 6.45) is -8.57. The predicted molar refractivity (Wildman–Crippen MR) is 116 cm³/mol. The molecule has 0 spiro atoms. The Kier molecular flexibility index (Phi) is 8.09. The highest BCUT2D eigenvalue weighted by Gasteiger charge is 2.43. The van der Waals surface area contributed by atoms with Gasteiger partial charge in [0.2, 0.25) is 0 Å².